The van der Waals surface area contributed by atoms with E-state index in [1.54, 1.807) is 0 Å². The molecule has 2 aromatic carbocycles. The lowest BCUT2D eigenvalue weighted by molar-refractivity contribution is 0.590. The highest BCUT2D eigenvalue weighted by atomic mass is 14.9. The minimum atomic E-state index is 0.0525. The van der Waals surface area contributed by atoms with E-state index in [0.717, 1.165) is 22.6 Å². The van der Waals surface area contributed by atoms with Crippen LogP contribution in [0.15, 0.2) is 69.9 Å². The Bertz CT molecular complexity index is 1060. The van der Waals surface area contributed by atoms with Crippen molar-refractivity contribution in [3.8, 4) is 12.1 Å². The minimum absolute atomic E-state index is 0.0525. The van der Waals surface area contributed by atoms with Crippen LogP contribution in [0.3, 0.4) is 0 Å². The molecule has 0 N–H and O–H groups in total. The van der Waals surface area contributed by atoms with Crippen LogP contribution in [0.1, 0.15) is 70.2 Å². The maximum atomic E-state index is 9.58. The lowest BCUT2D eigenvalue weighted by Gasteiger charge is -2.20. The monoisotopic (exact) mass is 408 g/mol. The number of hydrogen-bond acceptors (Lipinski definition) is 4. The molecule has 0 aliphatic carbocycles. The maximum absolute atomic E-state index is 9.58. The molecule has 0 spiro atoms. The SMILES string of the molecule is CC(C)(C)c1ccc(C2=NC(C#N)=C(C#N)N=C(c3ccc(C(C)(C)C)cc3)C2)cc1. The van der Waals surface area contributed by atoms with Crippen molar-refractivity contribution < 1.29 is 0 Å². The van der Waals surface area contributed by atoms with E-state index in [9.17, 15) is 10.5 Å². The van der Waals surface area contributed by atoms with Crippen molar-refractivity contribution >= 4 is 11.4 Å². The predicted octanol–water partition coefficient (Wildman–Crippen LogP) is 6.22. The molecule has 0 amide bonds. The minimum Gasteiger partial charge on any atom is -0.238 e. The molecule has 1 aliphatic rings. The number of nitriles is 2. The number of benzene rings is 2. The molecule has 0 aromatic heterocycles. The van der Waals surface area contributed by atoms with E-state index < -0.39 is 0 Å². The lowest BCUT2D eigenvalue weighted by atomic mass is 9.85. The molecule has 0 fully saturated rings. The van der Waals surface area contributed by atoms with Gasteiger partial charge in [0.05, 0.1) is 11.4 Å². The number of allylic oxidation sites excluding steroid dienone is 2. The van der Waals surface area contributed by atoms with Gasteiger partial charge in [0.25, 0.3) is 0 Å². The van der Waals surface area contributed by atoms with Crippen LogP contribution in [0.2, 0.25) is 0 Å². The third kappa shape index (κ3) is 4.98. The van der Waals surface area contributed by atoms with Crippen molar-refractivity contribution in [1.82, 2.24) is 0 Å². The standard InChI is InChI=1S/C27H28N4/c1-26(2,3)20-11-7-18(8-12-20)22-15-23(31-25(17-29)24(16-28)30-22)19-9-13-21(14-10-19)27(4,5)6/h7-14H,15H2,1-6H3. The summed E-state index contributed by atoms with van der Waals surface area (Å²) in [5.74, 6) is 0. The van der Waals surface area contributed by atoms with Gasteiger partial charge >= 0.3 is 0 Å². The molecule has 0 unspecified atom stereocenters. The molecule has 1 aliphatic heterocycles. The van der Waals surface area contributed by atoms with Gasteiger partial charge in [0.1, 0.15) is 12.1 Å². The van der Waals surface area contributed by atoms with Crippen LogP contribution in [-0.4, -0.2) is 11.4 Å². The Balaban J connectivity index is 2.06. The Morgan fingerprint density at radius 2 is 0.935 bits per heavy atom. The summed E-state index contributed by atoms with van der Waals surface area (Å²) in [6.45, 7) is 13.0. The van der Waals surface area contributed by atoms with E-state index >= 15 is 0 Å². The summed E-state index contributed by atoms with van der Waals surface area (Å²) in [4.78, 5) is 9.08. The largest absolute Gasteiger partial charge is 0.238 e. The lowest BCUT2D eigenvalue weighted by Crippen LogP contribution is -2.14. The van der Waals surface area contributed by atoms with E-state index in [4.69, 9.17) is 0 Å². The summed E-state index contributed by atoms with van der Waals surface area (Å²) in [6.07, 6.45) is 0.445. The Kier molecular flexibility index (Phi) is 5.96. The molecular weight excluding hydrogens is 380 g/mol. The zero-order valence-corrected chi connectivity index (χ0v) is 19.1. The molecule has 4 heteroatoms. The van der Waals surface area contributed by atoms with Crippen molar-refractivity contribution in [3.05, 3.63) is 82.2 Å². The van der Waals surface area contributed by atoms with Gasteiger partial charge in [-0.25, -0.2) is 9.98 Å². The highest BCUT2D eigenvalue weighted by Gasteiger charge is 2.20. The summed E-state index contributed by atoms with van der Waals surface area (Å²) in [7, 11) is 0. The van der Waals surface area contributed by atoms with Crippen LogP contribution in [0, 0.1) is 22.7 Å². The third-order valence-corrected chi connectivity index (χ3v) is 5.43. The first-order valence-electron chi connectivity index (χ1n) is 10.4. The van der Waals surface area contributed by atoms with Crippen molar-refractivity contribution in [2.45, 2.75) is 58.8 Å². The summed E-state index contributed by atoms with van der Waals surface area (Å²) >= 11 is 0. The molecule has 0 saturated heterocycles. The van der Waals surface area contributed by atoms with Crippen molar-refractivity contribution in [2.75, 3.05) is 0 Å². The van der Waals surface area contributed by atoms with E-state index in [1.165, 1.54) is 11.1 Å². The molecule has 4 nitrogen and oxygen atoms in total. The Morgan fingerprint density at radius 1 is 0.613 bits per heavy atom. The average Bonchev–Trinajstić information content (AvgIpc) is 2.92. The van der Waals surface area contributed by atoms with E-state index in [2.05, 4.69) is 75.8 Å². The first kappa shape index (κ1) is 22.2. The predicted molar refractivity (Wildman–Crippen MR) is 126 cm³/mol. The van der Waals surface area contributed by atoms with Gasteiger partial charge in [-0.2, -0.15) is 10.5 Å². The number of nitrogens with zero attached hydrogens (tertiary/aromatic N) is 4. The molecule has 2 aromatic rings. The van der Waals surface area contributed by atoms with Crippen LogP contribution in [0.5, 0.6) is 0 Å². The Labute approximate surface area is 185 Å². The number of aliphatic imine (C=N–C) groups is 2. The van der Waals surface area contributed by atoms with Crippen LogP contribution < -0.4 is 0 Å². The Morgan fingerprint density at radius 3 is 1.19 bits per heavy atom. The molecule has 0 saturated carbocycles. The second kappa shape index (κ2) is 8.32. The van der Waals surface area contributed by atoms with Gasteiger partial charge in [-0.15, -0.1) is 0 Å². The van der Waals surface area contributed by atoms with Crippen LogP contribution in [0.4, 0.5) is 0 Å². The second-order valence-electron chi connectivity index (χ2n) is 9.87. The highest BCUT2D eigenvalue weighted by Crippen LogP contribution is 2.26. The molecule has 0 radical (unpaired) electrons. The molecule has 1 heterocycles. The summed E-state index contributed by atoms with van der Waals surface area (Å²) < 4.78 is 0. The first-order chi connectivity index (χ1) is 14.5. The van der Waals surface area contributed by atoms with Crippen molar-refractivity contribution in [3.63, 3.8) is 0 Å². The first-order valence-corrected chi connectivity index (χ1v) is 10.4. The summed E-state index contributed by atoms with van der Waals surface area (Å²) in [6, 6.07) is 20.6. The molecule has 0 atom stereocenters. The quantitative estimate of drug-likeness (QED) is 0.591. The van der Waals surface area contributed by atoms with Gasteiger partial charge in [0.15, 0.2) is 11.4 Å². The smallest absolute Gasteiger partial charge is 0.177 e. The number of hydrogen-bond donors (Lipinski definition) is 0. The molecule has 3 rings (SSSR count). The molecule has 156 valence electrons. The average molecular weight is 409 g/mol. The van der Waals surface area contributed by atoms with E-state index in [0.29, 0.717) is 6.42 Å². The van der Waals surface area contributed by atoms with Crippen LogP contribution in [0.25, 0.3) is 0 Å². The van der Waals surface area contributed by atoms with Gasteiger partial charge in [0, 0.05) is 6.42 Å². The molecule has 0 bridgehead atoms. The third-order valence-electron chi connectivity index (χ3n) is 5.43. The topological polar surface area (TPSA) is 72.3 Å². The van der Waals surface area contributed by atoms with E-state index in [1.807, 2.05) is 36.4 Å². The van der Waals surface area contributed by atoms with Crippen molar-refractivity contribution in [1.29, 1.82) is 10.5 Å². The van der Waals surface area contributed by atoms with Gasteiger partial charge < -0.3 is 0 Å². The number of rotatable bonds is 2. The van der Waals surface area contributed by atoms with Gasteiger partial charge in [-0.3, -0.25) is 0 Å². The maximum Gasteiger partial charge on any atom is 0.177 e. The fraction of sp³-hybridized carbons (Fsp3) is 0.333. The van der Waals surface area contributed by atoms with Crippen LogP contribution >= 0.6 is 0 Å². The molecular formula is C27H28N4. The van der Waals surface area contributed by atoms with Gasteiger partial charge in [0.2, 0.25) is 0 Å². The fourth-order valence-electron chi connectivity index (χ4n) is 3.43. The van der Waals surface area contributed by atoms with Gasteiger partial charge in [-0.1, -0.05) is 90.1 Å². The normalized spacial score (nSPS) is 14.8. The fourth-order valence-corrected chi connectivity index (χ4v) is 3.43. The zero-order chi connectivity index (χ0) is 22.8. The molecule has 31 heavy (non-hydrogen) atoms. The second-order valence-corrected chi connectivity index (χ2v) is 9.87. The zero-order valence-electron chi connectivity index (χ0n) is 19.1. The highest BCUT2D eigenvalue weighted by molar-refractivity contribution is 6.19. The summed E-state index contributed by atoms with van der Waals surface area (Å²) in [5, 5.41) is 19.2. The van der Waals surface area contributed by atoms with Gasteiger partial charge in [-0.05, 0) is 33.1 Å². The van der Waals surface area contributed by atoms with E-state index in [-0.39, 0.29) is 22.2 Å². The summed E-state index contributed by atoms with van der Waals surface area (Å²) in [5.41, 5.74) is 6.00. The van der Waals surface area contributed by atoms with Crippen LogP contribution in [-0.2, 0) is 10.8 Å². The Hall–Kier alpha value is -3.50. The van der Waals surface area contributed by atoms with Crippen molar-refractivity contribution in [2.24, 2.45) is 9.98 Å².